The van der Waals surface area contributed by atoms with Gasteiger partial charge in [0.05, 0.1) is 22.2 Å². The van der Waals surface area contributed by atoms with Crippen molar-refractivity contribution in [2.75, 3.05) is 6.54 Å². The Kier molecular flexibility index (Phi) is 8.92. The van der Waals surface area contributed by atoms with E-state index in [1.165, 1.54) is 4.90 Å². The number of aliphatic hydroxyl groups is 1. The van der Waals surface area contributed by atoms with Crippen LogP contribution in [0.2, 0.25) is 0 Å². The summed E-state index contributed by atoms with van der Waals surface area (Å²) in [5, 5.41) is 15.8. The van der Waals surface area contributed by atoms with E-state index in [2.05, 4.69) is 28.2 Å². The van der Waals surface area contributed by atoms with Gasteiger partial charge in [-0.2, -0.15) is 12.6 Å². The van der Waals surface area contributed by atoms with Gasteiger partial charge in [0.25, 0.3) is 0 Å². The van der Waals surface area contributed by atoms with Gasteiger partial charge in [0.2, 0.25) is 11.8 Å². The highest BCUT2D eigenvalue weighted by Crippen LogP contribution is 2.28. The number of aryl methyl sites for hydroxylation is 1. The van der Waals surface area contributed by atoms with E-state index in [1.807, 2.05) is 36.7 Å². The Hall–Kier alpha value is -2.63. The first-order chi connectivity index (χ1) is 17.2. The number of amides is 3. The second kappa shape index (κ2) is 11.4. The number of β-amino-alcohol motifs (C(OH)–C–C–N with tert-alkyl or cyclic N) is 1. The molecular formula is C26H36N4O5S2. The van der Waals surface area contributed by atoms with Gasteiger partial charge >= 0.3 is 6.09 Å². The topological polar surface area (TPSA) is 121 Å². The lowest BCUT2D eigenvalue weighted by atomic mass is 10.0. The second-order valence-electron chi connectivity index (χ2n) is 10.8. The van der Waals surface area contributed by atoms with Crippen molar-refractivity contribution in [2.24, 2.45) is 0 Å². The molecule has 1 aromatic carbocycles. The lowest BCUT2D eigenvalue weighted by Gasteiger charge is -2.35. The molecule has 1 aliphatic rings. The predicted octanol–water partition coefficient (Wildman–Crippen LogP) is 3.30. The van der Waals surface area contributed by atoms with Crippen LogP contribution < -0.4 is 10.6 Å². The monoisotopic (exact) mass is 548 g/mol. The maximum Gasteiger partial charge on any atom is 0.408 e. The summed E-state index contributed by atoms with van der Waals surface area (Å²) in [6, 6.07) is 5.89. The Labute approximate surface area is 227 Å². The molecule has 3 N–H and O–H groups in total. The number of benzene rings is 1. The maximum atomic E-state index is 13.5. The van der Waals surface area contributed by atoms with Gasteiger partial charge in [0.15, 0.2) is 0 Å². The third-order valence-electron chi connectivity index (χ3n) is 5.91. The summed E-state index contributed by atoms with van der Waals surface area (Å²) >= 11 is 6.09. The van der Waals surface area contributed by atoms with Crippen molar-refractivity contribution >= 4 is 41.9 Å². The molecule has 2 heterocycles. The van der Waals surface area contributed by atoms with Crippen LogP contribution in [0.25, 0.3) is 10.4 Å². The van der Waals surface area contributed by atoms with E-state index >= 15 is 0 Å². The van der Waals surface area contributed by atoms with Crippen LogP contribution in [-0.4, -0.2) is 68.0 Å². The number of aliphatic hydroxyl groups excluding tert-OH is 1. The lowest BCUT2D eigenvalue weighted by molar-refractivity contribution is -0.140. The highest BCUT2D eigenvalue weighted by molar-refractivity contribution is 7.81. The molecule has 37 heavy (non-hydrogen) atoms. The van der Waals surface area contributed by atoms with Crippen LogP contribution in [0.3, 0.4) is 0 Å². The smallest absolute Gasteiger partial charge is 0.408 e. The van der Waals surface area contributed by atoms with Crippen LogP contribution in [0.4, 0.5) is 4.79 Å². The summed E-state index contributed by atoms with van der Waals surface area (Å²) in [7, 11) is 0. The minimum Gasteiger partial charge on any atom is -0.444 e. The first-order valence-corrected chi connectivity index (χ1v) is 13.5. The number of alkyl carbamates (subject to hydrolysis) is 1. The summed E-state index contributed by atoms with van der Waals surface area (Å²) in [6.45, 7) is 10.8. The van der Waals surface area contributed by atoms with E-state index in [0.717, 1.165) is 21.7 Å². The molecule has 1 fully saturated rings. The van der Waals surface area contributed by atoms with E-state index in [4.69, 9.17) is 4.74 Å². The van der Waals surface area contributed by atoms with Gasteiger partial charge in [0, 0.05) is 24.3 Å². The van der Waals surface area contributed by atoms with Crippen LogP contribution in [0.1, 0.15) is 52.3 Å². The number of hydrogen-bond acceptors (Lipinski definition) is 8. The average Bonchev–Trinajstić information content (AvgIpc) is 3.39. The zero-order valence-electron chi connectivity index (χ0n) is 22.1. The van der Waals surface area contributed by atoms with E-state index in [1.54, 1.807) is 46.0 Å². The number of thiol groups is 1. The Morgan fingerprint density at radius 1 is 1.22 bits per heavy atom. The van der Waals surface area contributed by atoms with Crippen molar-refractivity contribution < 1.29 is 24.2 Å². The van der Waals surface area contributed by atoms with Crippen molar-refractivity contribution in [1.82, 2.24) is 20.5 Å². The van der Waals surface area contributed by atoms with Crippen LogP contribution in [0, 0.1) is 6.92 Å². The van der Waals surface area contributed by atoms with Crippen LogP contribution in [-0.2, 0) is 20.9 Å². The highest BCUT2D eigenvalue weighted by atomic mass is 32.1. The van der Waals surface area contributed by atoms with Crippen LogP contribution in [0.5, 0.6) is 0 Å². The number of hydrogen-bond donors (Lipinski definition) is 4. The molecule has 0 radical (unpaired) electrons. The molecule has 202 valence electrons. The average molecular weight is 549 g/mol. The zero-order chi connectivity index (χ0) is 27.5. The Morgan fingerprint density at radius 2 is 1.86 bits per heavy atom. The van der Waals surface area contributed by atoms with Gasteiger partial charge in [-0.1, -0.05) is 24.3 Å². The maximum absolute atomic E-state index is 13.5. The van der Waals surface area contributed by atoms with Gasteiger partial charge in [-0.05, 0) is 52.7 Å². The van der Waals surface area contributed by atoms with Crippen molar-refractivity contribution in [2.45, 2.75) is 83.0 Å². The molecule has 2 aromatic rings. The third kappa shape index (κ3) is 7.68. The van der Waals surface area contributed by atoms with Gasteiger partial charge in [-0.25, -0.2) is 9.78 Å². The summed E-state index contributed by atoms with van der Waals surface area (Å²) in [5.74, 6) is -0.882. The quantitative estimate of drug-likeness (QED) is 0.394. The van der Waals surface area contributed by atoms with Gasteiger partial charge in [-0.15, -0.1) is 11.3 Å². The molecule has 1 aliphatic heterocycles. The number of aromatic nitrogens is 1. The first kappa shape index (κ1) is 28.9. The largest absolute Gasteiger partial charge is 0.444 e. The van der Waals surface area contributed by atoms with Crippen molar-refractivity contribution in [3.63, 3.8) is 0 Å². The first-order valence-electron chi connectivity index (χ1n) is 12.1. The summed E-state index contributed by atoms with van der Waals surface area (Å²) in [6.07, 6.45) is -1.51. The minimum absolute atomic E-state index is 0.0177. The number of nitrogens with zero attached hydrogens (tertiary/aromatic N) is 2. The normalized spacial score (nSPS) is 18.9. The molecule has 9 nitrogen and oxygen atoms in total. The fraction of sp³-hybridized carbons (Fsp3) is 0.538. The molecule has 0 aliphatic carbocycles. The summed E-state index contributed by atoms with van der Waals surface area (Å²) in [4.78, 5) is 45.7. The number of carbonyl (C=O) groups is 3. The van der Waals surface area contributed by atoms with Gasteiger partial charge in [-0.3, -0.25) is 9.59 Å². The van der Waals surface area contributed by atoms with Gasteiger partial charge < -0.3 is 25.4 Å². The number of rotatable bonds is 7. The Bertz CT molecular complexity index is 1120. The van der Waals surface area contributed by atoms with Crippen molar-refractivity contribution in [1.29, 1.82) is 0 Å². The molecule has 1 saturated heterocycles. The highest BCUT2D eigenvalue weighted by Gasteiger charge is 2.45. The number of carbonyl (C=O) groups excluding carboxylic acids is 3. The molecule has 11 heteroatoms. The number of likely N-dealkylation sites (tertiary alicyclic amines) is 1. The lowest BCUT2D eigenvalue weighted by Crippen LogP contribution is -2.59. The summed E-state index contributed by atoms with van der Waals surface area (Å²) < 4.78 is 4.35. The summed E-state index contributed by atoms with van der Waals surface area (Å²) in [5.41, 5.74) is 3.99. The second-order valence-corrected chi connectivity index (χ2v) is 12.8. The molecule has 3 atom stereocenters. The predicted molar refractivity (Wildman–Crippen MR) is 146 cm³/mol. The number of thiazole rings is 1. The Morgan fingerprint density at radius 3 is 2.41 bits per heavy atom. The van der Waals surface area contributed by atoms with Crippen LogP contribution >= 0.6 is 24.0 Å². The molecule has 3 amide bonds. The Balaban J connectivity index is 1.68. The molecule has 0 saturated carbocycles. The molecule has 0 spiro atoms. The molecule has 0 unspecified atom stereocenters. The number of ether oxygens (including phenoxy) is 1. The van der Waals surface area contributed by atoms with E-state index in [9.17, 15) is 19.5 Å². The van der Waals surface area contributed by atoms with E-state index in [-0.39, 0.29) is 25.4 Å². The SMILES string of the molecule is Cc1ncsc1-c1ccc(CNC(=O)[C@@H]2C[C@@H](O)CN2C(=O)[C@@H](NC(=O)OC(C)(C)C)C(C)(C)S)cc1. The minimum atomic E-state index is -1.07. The van der Waals surface area contributed by atoms with Crippen molar-refractivity contribution in [3.8, 4) is 10.4 Å². The molecule has 1 aromatic heterocycles. The third-order valence-corrected chi connectivity index (χ3v) is 7.14. The fourth-order valence-electron chi connectivity index (χ4n) is 4.10. The van der Waals surface area contributed by atoms with Gasteiger partial charge in [0.1, 0.15) is 17.7 Å². The van der Waals surface area contributed by atoms with Crippen LogP contribution in [0.15, 0.2) is 29.8 Å². The zero-order valence-corrected chi connectivity index (χ0v) is 23.8. The van der Waals surface area contributed by atoms with E-state index < -0.39 is 40.5 Å². The number of nitrogens with one attached hydrogen (secondary N) is 2. The fourth-order valence-corrected chi connectivity index (χ4v) is 5.08. The molecule has 3 rings (SSSR count). The standard InChI is InChI=1S/C26H36N4O5S2/c1-15-20(37-14-28-15)17-9-7-16(8-10-17)12-27-22(32)19-11-18(31)13-30(19)23(33)21(26(5,6)36)29-24(34)35-25(2,3)4/h7-10,14,18-19,21,31,36H,11-13H2,1-6H3,(H,27,32)(H,29,34)/t18-,19+,21-/m1/s1. The van der Waals surface area contributed by atoms with Crippen molar-refractivity contribution in [3.05, 3.63) is 41.0 Å². The molecular weight excluding hydrogens is 512 g/mol. The molecule has 0 bridgehead atoms. The van der Waals surface area contributed by atoms with E-state index in [0.29, 0.717) is 0 Å².